The van der Waals surface area contributed by atoms with Gasteiger partial charge in [0.15, 0.2) is 0 Å². The molecule has 1 amide bonds. The van der Waals surface area contributed by atoms with E-state index >= 15 is 0 Å². The van der Waals surface area contributed by atoms with Crippen LogP contribution in [0.3, 0.4) is 0 Å². The summed E-state index contributed by atoms with van der Waals surface area (Å²) in [4.78, 5) is 14.0. The molecule has 0 saturated carbocycles. The first-order valence-electron chi connectivity index (χ1n) is 6.57. The standard InChI is InChI=1S/C14H18ClN3O2/c1-10-8-18(7-6-12(10)17-20)9-14(19)16-13-5-3-2-4-11(13)15/h2-5,10,20H,6-9H2,1H3,(H,16,19)/b17-12+. The zero-order chi connectivity index (χ0) is 14.5. The summed E-state index contributed by atoms with van der Waals surface area (Å²) in [6.45, 7) is 3.75. The Bertz CT molecular complexity index is 519. The highest BCUT2D eigenvalue weighted by molar-refractivity contribution is 6.33. The van der Waals surface area contributed by atoms with Gasteiger partial charge in [0.25, 0.3) is 0 Å². The van der Waals surface area contributed by atoms with Crippen LogP contribution < -0.4 is 5.32 Å². The number of nitrogens with one attached hydrogen (secondary N) is 1. The molecule has 1 aliphatic rings. The fraction of sp³-hybridized carbons (Fsp3) is 0.429. The maximum atomic E-state index is 12.0. The molecule has 1 heterocycles. The average Bonchev–Trinajstić information content (AvgIpc) is 2.41. The zero-order valence-corrected chi connectivity index (χ0v) is 12.1. The third kappa shape index (κ3) is 3.71. The van der Waals surface area contributed by atoms with Crippen LogP contribution in [-0.4, -0.2) is 41.4 Å². The van der Waals surface area contributed by atoms with Gasteiger partial charge in [-0.1, -0.05) is 35.8 Å². The second-order valence-corrected chi connectivity index (χ2v) is 5.41. The van der Waals surface area contributed by atoms with Crippen molar-refractivity contribution in [2.75, 3.05) is 25.0 Å². The third-order valence-electron chi connectivity index (χ3n) is 3.43. The molecular weight excluding hydrogens is 278 g/mol. The van der Waals surface area contributed by atoms with Crippen molar-refractivity contribution in [3.05, 3.63) is 29.3 Å². The quantitative estimate of drug-likeness (QED) is 0.665. The molecule has 1 fully saturated rings. The number of oxime groups is 1. The Balaban J connectivity index is 1.88. The molecule has 0 spiro atoms. The fourth-order valence-corrected chi connectivity index (χ4v) is 2.53. The van der Waals surface area contributed by atoms with Crippen molar-refractivity contribution in [2.45, 2.75) is 13.3 Å². The molecule has 1 aromatic rings. The smallest absolute Gasteiger partial charge is 0.238 e. The summed E-state index contributed by atoms with van der Waals surface area (Å²) in [7, 11) is 0. The van der Waals surface area contributed by atoms with Crippen LogP contribution in [0, 0.1) is 5.92 Å². The minimum Gasteiger partial charge on any atom is -0.411 e. The number of amides is 1. The Labute approximate surface area is 123 Å². The number of hydrogen-bond donors (Lipinski definition) is 2. The van der Waals surface area contributed by atoms with E-state index in [1.165, 1.54) is 0 Å². The second-order valence-electron chi connectivity index (χ2n) is 5.01. The second kappa shape index (κ2) is 6.72. The highest BCUT2D eigenvalue weighted by Crippen LogP contribution is 2.20. The van der Waals surface area contributed by atoms with Gasteiger partial charge in [-0.2, -0.15) is 0 Å². The molecule has 1 aromatic carbocycles. The lowest BCUT2D eigenvalue weighted by atomic mass is 9.98. The molecule has 2 N–H and O–H groups in total. The number of likely N-dealkylation sites (tertiary alicyclic amines) is 1. The summed E-state index contributed by atoms with van der Waals surface area (Å²) in [5, 5.41) is 15.5. The van der Waals surface area contributed by atoms with E-state index in [0.29, 0.717) is 23.7 Å². The van der Waals surface area contributed by atoms with Gasteiger partial charge in [0.1, 0.15) is 0 Å². The number of anilines is 1. The van der Waals surface area contributed by atoms with Crippen molar-refractivity contribution in [3.63, 3.8) is 0 Å². The molecule has 0 radical (unpaired) electrons. The first-order valence-corrected chi connectivity index (χ1v) is 6.95. The summed E-state index contributed by atoms with van der Waals surface area (Å²) >= 11 is 6.00. The molecule has 1 atom stereocenters. The first kappa shape index (κ1) is 14.8. The molecule has 20 heavy (non-hydrogen) atoms. The number of rotatable bonds is 3. The van der Waals surface area contributed by atoms with Gasteiger partial charge >= 0.3 is 0 Å². The molecule has 0 aliphatic carbocycles. The van der Waals surface area contributed by atoms with Crippen LogP contribution >= 0.6 is 11.6 Å². The molecule has 0 bridgehead atoms. The number of nitrogens with zero attached hydrogens (tertiary/aromatic N) is 2. The highest BCUT2D eigenvalue weighted by atomic mass is 35.5. The van der Waals surface area contributed by atoms with Crippen molar-refractivity contribution in [1.82, 2.24) is 4.90 Å². The zero-order valence-electron chi connectivity index (χ0n) is 11.3. The van der Waals surface area contributed by atoms with Gasteiger partial charge in [0, 0.05) is 25.4 Å². The van der Waals surface area contributed by atoms with Crippen LogP contribution in [0.1, 0.15) is 13.3 Å². The van der Waals surface area contributed by atoms with Gasteiger partial charge in [-0.05, 0) is 12.1 Å². The SMILES string of the molecule is CC1CN(CC(=O)Nc2ccccc2Cl)CC/C1=N\O. The predicted molar refractivity (Wildman–Crippen MR) is 79.5 cm³/mol. The van der Waals surface area contributed by atoms with Crippen LogP contribution in [0.4, 0.5) is 5.69 Å². The molecule has 2 rings (SSSR count). The topological polar surface area (TPSA) is 64.9 Å². The van der Waals surface area contributed by atoms with Crippen LogP contribution in [0.5, 0.6) is 0 Å². The van der Waals surface area contributed by atoms with Crippen molar-refractivity contribution < 1.29 is 10.0 Å². The van der Waals surface area contributed by atoms with Gasteiger partial charge in [0.05, 0.1) is 23.0 Å². The Morgan fingerprint density at radius 2 is 2.30 bits per heavy atom. The molecule has 1 saturated heterocycles. The Morgan fingerprint density at radius 3 is 2.95 bits per heavy atom. The number of carbonyl (C=O) groups is 1. The minimum absolute atomic E-state index is 0.0883. The van der Waals surface area contributed by atoms with E-state index in [0.717, 1.165) is 18.8 Å². The van der Waals surface area contributed by atoms with Crippen molar-refractivity contribution in [3.8, 4) is 0 Å². The monoisotopic (exact) mass is 295 g/mol. The van der Waals surface area contributed by atoms with Gasteiger partial charge in [0.2, 0.25) is 5.91 Å². The number of benzene rings is 1. The fourth-order valence-electron chi connectivity index (χ4n) is 2.35. The van der Waals surface area contributed by atoms with E-state index in [-0.39, 0.29) is 11.8 Å². The lowest BCUT2D eigenvalue weighted by Gasteiger charge is -2.30. The Morgan fingerprint density at radius 1 is 1.55 bits per heavy atom. The average molecular weight is 296 g/mol. The number of piperidine rings is 1. The number of carbonyl (C=O) groups excluding carboxylic acids is 1. The van der Waals surface area contributed by atoms with Gasteiger partial charge in [-0.3, -0.25) is 9.69 Å². The molecular formula is C14H18ClN3O2. The highest BCUT2D eigenvalue weighted by Gasteiger charge is 2.23. The predicted octanol–water partition coefficient (Wildman–Crippen LogP) is 2.45. The molecule has 6 heteroatoms. The Kier molecular flexibility index (Phi) is 4.98. The Hall–Kier alpha value is -1.59. The lowest BCUT2D eigenvalue weighted by molar-refractivity contribution is -0.117. The van der Waals surface area contributed by atoms with Gasteiger partial charge in [-0.25, -0.2) is 0 Å². The molecule has 1 unspecified atom stereocenters. The molecule has 5 nitrogen and oxygen atoms in total. The molecule has 1 aliphatic heterocycles. The van der Waals surface area contributed by atoms with Crippen molar-refractivity contribution >= 4 is 28.9 Å². The number of hydrogen-bond acceptors (Lipinski definition) is 4. The van der Waals surface area contributed by atoms with E-state index in [4.69, 9.17) is 16.8 Å². The third-order valence-corrected chi connectivity index (χ3v) is 3.76. The summed E-state index contributed by atoms with van der Waals surface area (Å²) in [5.41, 5.74) is 1.43. The van der Waals surface area contributed by atoms with Crippen molar-refractivity contribution in [1.29, 1.82) is 0 Å². The van der Waals surface area contributed by atoms with E-state index in [1.54, 1.807) is 12.1 Å². The number of para-hydroxylation sites is 1. The minimum atomic E-state index is -0.0883. The van der Waals surface area contributed by atoms with E-state index in [1.807, 2.05) is 24.0 Å². The lowest BCUT2D eigenvalue weighted by Crippen LogP contribution is -2.43. The summed E-state index contributed by atoms with van der Waals surface area (Å²) in [6.07, 6.45) is 0.692. The largest absolute Gasteiger partial charge is 0.411 e. The van der Waals surface area contributed by atoms with Crippen LogP contribution in [0.2, 0.25) is 5.02 Å². The summed E-state index contributed by atoms with van der Waals surface area (Å²) in [6, 6.07) is 7.16. The van der Waals surface area contributed by atoms with E-state index in [2.05, 4.69) is 10.5 Å². The van der Waals surface area contributed by atoms with Crippen LogP contribution in [-0.2, 0) is 4.79 Å². The van der Waals surface area contributed by atoms with Crippen molar-refractivity contribution in [2.24, 2.45) is 11.1 Å². The van der Waals surface area contributed by atoms with Gasteiger partial charge in [-0.15, -0.1) is 0 Å². The summed E-state index contributed by atoms with van der Waals surface area (Å²) in [5.74, 6) is 0.0801. The first-order chi connectivity index (χ1) is 9.60. The maximum absolute atomic E-state index is 12.0. The number of halogens is 1. The van der Waals surface area contributed by atoms with E-state index < -0.39 is 0 Å². The van der Waals surface area contributed by atoms with Gasteiger partial charge < -0.3 is 10.5 Å². The maximum Gasteiger partial charge on any atom is 0.238 e. The van der Waals surface area contributed by atoms with Crippen LogP contribution in [0.15, 0.2) is 29.4 Å². The van der Waals surface area contributed by atoms with Crippen LogP contribution in [0.25, 0.3) is 0 Å². The normalized spacial score (nSPS) is 21.9. The molecule has 108 valence electrons. The van der Waals surface area contributed by atoms with E-state index in [9.17, 15) is 4.79 Å². The summed E-state index contributed by atoms with van der Waals surface area (Å²) < 4.78 is 0. The molecule has 0 aromatic heterocycles.